The number of carbonyl (C=O) groups is 1. The summed E-state index contributed by atoms with van der Waals surface area (Å²) in [7, 11) is 0. The Kier molecular flexibility index (Phi) is 7.83. The van der Waals surface area contributed by atoms with E-state index in [0.717, 1.165) is 16.8 Å². The minimum Gasteiger partial charge on any atom is -0.459 e. The van der Waals surface area contributed by atoms with Crippen molar-refractivity contribution in [2.75, 3.05) is 24.2 Å². The predicted octanol–water partition coefficient (Wildman–Crippen LogP) is 5.16. The van der Waals surface area contributed by atoms with Gasteiger partial charge in [-0.15, -0.1) is 0 Å². The third kappa shape index (κ3) is 6.94. The second kappa shape index (κ2) is 10.2. The number of esters is 1. The molecule has 0 spiro atoms. The maximum absolute atomic E-state index is 13.5. The van der Waals surface area contributed by atoms with Gasteiger partial charge in [0.2, 0.25) is 6.10 Å². The maximum Gasteiger partial charge on any atom is 0.341 e. The fourth-order valence-electron chi connectivity index (χ4n) is 3.31. The predicted molar refractivity (Wildman–Crippen MR) is 126 cm³/mol. The SMILES string of the molecule is C[S+](O[C@H](Cc1ccc(N2CCC(F)(F)C2)cc1)C(=O)OCc1ccccc1)C(C)(C)C. The van der Waals surface area contributed by atoms with Gasteiger partial charge in [0.25, 0.3) is 5.92 Å². The van der Waals surface area contributed by atoms with Crippen molar-refractivity contribution in [1.29, 1.82) is 0 Å². The molecule has 0 N–H and O–H groups in total. The first kappa shape index (κ1) is 24.5. The van der Waals surface area contributed by atoms with Crippen LogP contribution >= 0.6 is 0 Å². The Labute approximate surface area is 192 Å². The van der Waals surface area contributed by atoms with E-state index in [1.807, 2.05) is 60.9 Å². The summed E-state index contributed by atoms with van der Waals surface area (Å²) in [4.78, 5) is 14.6. The summed E-state index contributed by atoms with van der Waals surface area (Å²) < 4.78 is 38.7. The zero-order valence-corrected chi connectivity index (χ0v) is 20.0. The number of hydrogen-bond donors (Lipinski definition) is 0. The molecule has 1 unspecified atom stereocenters. The monoisotopic (exact) mass is 464 g/mol. The minimum atomic E-state index is -2.63. The molecule has 0 aromatic heterocycles. The molecule has 3 rings (SSSR count). The van der Waals surface area contributed by atoms with Crippen LogP contribution < -0.4 is 4.90 Å². The van der Waals surface area contributed by atoms with Crippen molar-refractivity contribution in [3.63, 3.8) is 0 Å². The molecule has 0 saturated carbocycles. The van der Waals surface area contributed by atoms with Crippen molar-refractivity contribution in [3.05, 3.63) is 65.7 Å². The molecule has 0 amide bonds. The van der Waals surface area contributed by atoms with Gasteiger partial charge in [-0.25, -0.2) is 13.6 Å². The molecule has 2 atom stereocenters. The summed E-state index contributed by atoms with van der Waals surface area (Å²) >= 11 is -0.467. The molecule has 0 aliphatic carbocycles. The molecule has 1 aliphatic rings. The van der Waals surface area contributed by atoms with Gasteiger partial charge in [0, 0.05) is 25.1 Å². The lowest BCUT2D eigenvalue weighted by Crippen LogP contribution is -2.37. The van der Waals surface area contributed by atoms with Crippen LogP contribution in [-0.2, 0) is 37.9 Å². The summed E-state index contributed by atoms with van der Waals surface area (Å²) in [5.41, 5.74) is 2.57. The van der Waals surface area contributed by atoms with Crippen molar-refractivity contribution in [3.8, 4) is 0 Å². The van der Waals surface area contributed by atoms with E-state index in [9.17, 15) is 13.6 Å². The molecule has 0 bridgehead atoms. The van der Waals surface area contributed by atoms with E-state index in [2.05, 4.69) is 20.8 Å². The molecular formula is C25H32F2NO3S+. The average Bonchev–Trinajstić information content (AvgIpc) is 3.11. The third-order valence-corrected chi connectivity index (χ3v) is 7.75. The van der Waals surface area contributed by atoms with E-state index in [4.69, 9.17) is 8.92 Å². The molecule has 4 nitrogen and oxygen atoms in total. The second-order valence-electron chi connectivity index (χ2n) is 9.14. The largest absolute Gasteiger partial charge is 0.459 e. The van der Waals surface area contributed by atoms with Gasteiger partial charge in [-0.3, -0.25) is 0 Å². The number of nitrogens with zero attached hydrogens (tertiary/aromatic N) is 1. The maximum atomic E-state index is 13.5. The summed E-state index contributed by atoms with van der Waals surface area (Å²) in [5.74, 6) is -3.04. The highest BCUT2D eigenvalue weighted by molar-refractivity contribution is 7.93. The van der Waals surface area contributed by atoms with Gasteiger partial charge in [-0.2, -0.15) is 4.18 Å². The van der Waals surface area contributed by atoms with E-state index in [-0.39, 0.29) is 24.3 Å². The first-order chi connectivity index (χ1) is 15.0. The summed E-state index contributed by atoms with van der Waals surface area (Å²) in [5, 5.41) is 0. The fourth-order valence-corrected chi connectivity index (χ4v) is 4.09. The Hall–Kier alpha value is -2.12. The highest BCUT2D eigenvalue weighted by Crippen LogP contribution is 2.31. The van der Waals surface area contributed by atoms with Crippen molar-refractivity contribution in [2.24, 2.45) is 0 Å². The van der Waals surface area contributed by atoms with E-state index in [1.165, 1.54) is 0 Å². The molecule has 7 heteroatoms. The Morgan fingerprint density at radius 1 is 1.09 bits per heavy atom. The average molecular weight is 465 g/mol. The molecule has 0 radical (unpaired) electrons. The molecular weight excluding hydrogens is 432 g/mol. The number of alkyl halides is 2. The minimum absolute atomic E-state index is 0.108. The van der Waals surface area contributed by atoms with Crippen LogP contribution in [0.3, 0.4) is 0 Å². The van der Waals surface area contributed by atoms with Gasteiger partial charge in [0.1, 0.15) is 24.0 Å². The van der Waals surface area contributed by atoms with Crippen molar-refractivity contribution >= 4 is 22.8 Å². The van der Waals surface area contributed by atoms with Gasteiger partial charge in [-0.1, -0.05) is 42.5 Å². The molecule has 32 heavy (non-hydrogen) atoms. The fraction of sp³-hybridized carbons (Fsp3) is 0.480. The third-order valence-electron chi connectivity index (χ3n) is 5.50. The van der Waals surface area contributed by atoms with Crippen molar-refractivity contribution in [1.82, 2.24) is 0 Å². The van der Waals surface area contributed by atoms with E-state index >= 15 is 0 Å². The second-order valence-corrected chi connectivity index (χ2v) is 11.5. The number of rotatable bonds is 8. The molecule has 1 saturated heterocycles. The number of anilines is 1. The number of carbonyl (C=O) groups excluding carboxylic acids is 1. The first-order valence-corrected chi connectivity index (χ1v) is 12.3. The zero-order chi connectivity index (χ0) is 23.4. The molecule has 1 aliphatic heterocycles. The standard InChI is InChI=1S/C25H32F2NO3S/c1-24(2,3)32(4)31-22(23(29)30-17-20-8-6-5-7-9-20)16-19-10-12-21(13-11-19)28-15-14-25(26,27)18-28/h5-13,22H,14-18H2,1-4H3/q+1/t22-,32?/m1/s1. The molecule has 174 valence electrons. The van der Waals surface area contributed by atoms with Crippen molar-refractivity contribution in [2.45, 2.75) is 57.0 Å². The van der Waals surface area contributed by atoms with Crippen LogP contribution in [0, 0.1) is 0 Å². The van der Waals surface area contributed by atoms with Gasteiger partial charge < -0.3 is 9.64 Å². The molecule has 1 heterocycles. The normalized spacial score (nSPS) is 17.8. The van der Waals surface area contributed by atoms with Crippen LogP contribution in [0.5, 0.6) is 0 Å². The van der Waals surface area contributed by atoms with Gasteiger partial charge >= 0.3 is 5.97 Å². The lowest BCUT2D eigenvalue weighted by Gasteiger charge is -2.21. The van der Waals surface area contributed by atoms with Crippen LogP contribution in [-0.4, -0.2) is 42.1 Å². The lowest BCUT2D eigenvalue weighted by molar-refractivity contribution is -0.152. The highest BCUT2D eigenvalue weighted by Gasteiger charge is 2.39. The van der Waals surface area contributed by atoms with Crippen LogP contribution in [0.4, 0.5) is 14.5 Å². The zero-order valence-electron chi connectivity index (χ0n) is 19.1. The number of hydrogen-bond acceptors (Lipinski definition) is 4. The van der Waals surface area contributed by atoms with E-state index in [1.54, 1.807) is 4.90 Å². The molecule has 2 aromatic rings. The number of halogens is 2. The Morgan fingerprint density at radius 3 is 2.31 bits per heavy atom. The smallest absolute Gasteiger partial charge is 0.341 e. The van der Waals surface area contributed by atoms with Crippen LogP contribution in [0.1, 0.15) is 38.3 Å². The van der Waals surface area contributed by atoms with Crippen molar-refractivity contribution < 1.29 is 22.5 Å². The van der Waals surface area contributed by atoms with E-state index in [0.29, 0.717) is 13.0 Å². The Bertz CT molecular complexity index is 884. The molecule has 1 fully saturated rings. The first-order valence-electron chi connectivity index (χ1n) is 10.8. The van der Waals surface area contributed by atoms with Crippen LogP contribution in [0.15, 0.2) is 54.6 Å². The highest BCUT2D eigenvalue weighted by atomic mass is 32.2. The molecule has 2 aromatic carbocycles. The van der Waals surface area contributed by atoms with Gasteiger partial charge in [-0.05, 0) is 44.0 Å². The number of benzene rings is 2. The Morgan fingerprint density at radius 2 is 1.75 bits per heavy atom. The van der Waals surface area contributed by atoms with Gasteiger partial charge in [0.05, 0.1) is 6.54 Å². The summed E-state index contributed by atoms with van der Waals surface area (Å²) in [6.45, 7) is 6.49. The van der Waals surface area contributed by atoms with Crippen LogP contribution in [0.2, 0.25) is 0 Å². The van der Waals surface area contributed by atoms with E-state index < -0.39 is 29.2 Å². The van der Waals surface area contributed by atoms with Gasteiger partial charge in [0.15, 0.2) is 4.75 Å². The lowest BCUT2D eigenvalue weighted by atomic mass is 10.1. The summed E-state index contributed by atoms with van der Waals surface area (Å²) in [6.07, 6.45) is 1.48. The quantitative estimate of drug-likeness (QED) is 0.399. The number of ether oxygens (including phenoxy) is 1. The van der Waals surface area contributed by atoms with Crippen LogP contribution in [0.25, 0.3) is 0 Å². The summed E-state index contributed by atoms with van der Waals surface area (Å²) in [6, 6.07) is 16.9. The topological polar surface area (TPSA) is 38.8 Å². The Balaban J connectivity index is 1.68.